The van der Waals surface area contributed by atoms with E-state index in [4.69, 9.17) is 19.3 Å². The standard InChI is InChI=1S/C30H35F3NO8P/c1-39-26-12-10-25(11-13-26)22-34(19-21-41-43(36,37)38)29(35)5-3-2-4-23-6-14-27(15-7-23)40-20-18-24-8-16-28(17-9-24)42-30(31,32)33/h6-17H,2-5,18-22H2,1H3,(H2,36,37,38). The molecule has 0 fully saturated rings. The molecule has 0 spiro atoms. The Morgan fingerprint density at radius 1 is 0.791 bits per heavy atom. The van der Waals surface area contributed by atoms with Gasteiger partial charge in [0.05, 0.1) is 20.3 Å². The first kappa shape index (κ1) is 33.9. The van der Waals surface area contributed by atoms with Crippen LogP contribution in [0.1, 0.15) is 36.0 Å². The molecule has 0 aliphatic heterocycles. The van der Waals surface area contributed by atoms with E-state index in [1.165, 1.54) is 17.0 Å². The van der Waals surface area contributed by atoms with Crippen molar-refractivity contribution < 1.29 is 51.1 Å². The molecule has 0 saturated carbocycles. The zero-order chi connectivity index (χ0) is 31.3. The van der Waals surface area contributed by atoms with Gasteiger partial charge in [-0.15, -0.1) is 13.2 Å². The van der Waals surface area contributed by atoms with E-state index in [0.717, 1.165) is 29.5 Å². The molecule has 9 nitrogen and oxygen atoms in total. The number of phosphoric acid groups is 1. The van der Waals surface area contributed by atoms with Crippen molar-refractivity contribution >= 4 is 13.7 Å². The highest BCUT2D eigenvalue weighted by molar-refractivity contribution is 7.46. The summed E-state index contributed by atoms with van der Waals surface area (Å²) in [6.07, 6.45) is -1.79. The zero-order valence-corrected chi connectivity index (χ0v) is 24.6. The van der Waals surface area contributed by atoms with Gasteiger partial charge in [0.2, 0.25) is 5.91 Å². The third kappa shape index (κ3) is 13.5. The predicted molar refractivity (Wildman–Crippen MR) is 153 cm³/mol. The number of hydrogen-bond donors (Lipinski definition) is 2. The molecule has 0 saturated heterocycles. The van der Waals surface area contributed by atoms with E-state index in [0.29, 0.717) is 30.9 Å². The van der Waals surface area contributed by atoms with Crippen molar-refractivity contribution in [3.05, 3.63) is 89.5 Å². The fourth-order valence-corrected chi connectivity index (χ4v) is 4.49. The van der Waals surface area contributed by atoms with Gasteiger partial charge in [-0.3, -0.25) is 9.32 Å². The molecule has 1 amide bonds. The van der Waals surface area contributed by atoms with Gasteiger partial charge in [-0.1, -0.05) is 36.4 Å². The maximum atomic E-state index is 12.9. The number of carbonyl (C=O) groups excluding carboxylic acids is 1. The lowest BCUT2D eigenvalue weighted by molar-refractivity contribution is -0.274. The van der Waals surface area contributed by atoms with Gasteiger partial charge >= 0.3 is 14.2 Å². The molecule has 43 heavy (non-hydrogen) atoms. The summed E-state index contributed by atoms with van der Waals surface area (Å²) in [5.41, 5.74) is 2.74. The number of unbranched alkanes of at least 4 members (excludes halogenated alkanes) is 1. The van der Waals surface area contributed by atoms with Gasteiger partial charge in [0, 0.05) is 25.9 Å². The summed E-state index contributed by atoms with van der Waals surface area (Å²) >= 11 is 0. The van der Waals surface area contributed by atoms with Crippen LogP contribution in [0.5, 0.6) is 17.2 Å². The zero-order valence-electron chi connectivity index (χ0n) is 23.7. The minimum Gasteiger partial charge on any atom is -0.497 e. The fourth-order valence-electron chi connectivity index (χ4n) is 4.17. The quantitative estimate of drug-likeness (QED) is 0.137. The van der Waals surface area contributed by atoms with Crippen LogP contribution in [0, 0.1) is 0 Å². The van der Waals surface area contributed by atoms with Crippen LogP contribution in [0.3, 0.4) is 0 Å². The summed E-state index contributed by atoms with van der Waals surface area (Å²) in [7, 11) is -3.08. The molecule has 0 aromatic heterocycles. The Morgan fingerprint density at radius 3 is 1.93 bits per heavy atom. The Labute approximate surface area is 248 Å². The maximum Gasteiger partial charge on any atom is 0.573 e. The molecular weight excluding hydrogens is 590 g/mol. The van der Waals surface area contributed by atoms with Gasteiger partial charge in [0.15, 0.2) is 0 Å². The predicted octanol–water partition coefficient (Wildman–Crippen LogP) is 6.07. The van der Waals surface area contributed by atoms with Crippen molar-refractivity contribution in [1.29, 1.82) is 0 Å². The Hall–Kier alpha value is -3.57. The molecule has 0 aliphatic rings. The summed E-state index contributed by atoms with van der Waals surface area (Å²) in [6, 6.07) is 20.4. The molecule has 0 unspecified atom stereocenters. The highest BCUT2D eigenvalue weighted by Crippen LogP contribution is 2.35. The second-order valence-corrected chi connectivity index (χ2v) is 10.9. The largest absolute Gasteiger partial charge is 0.573 e. The lowest BCUT2D eigenvalue weighted by Crippen LogP contribution is -2.33. The van der Waals surface area contributed by atoms with E-state index < -0.39 is 14.2 Å². The number of hydrogen-bond acceptors (Lipinski definition) is 6. The van der Waals surface area contributed by atoms with Crippen molar-refractivity contribution in [1.82, 2.24) is 4.90 Å². The lowest BCUT2D eigenvalue weighted by atomic mass is 10.1. The van der Waals surface area contributed by atoms with Gasteiger partial charge in [-0.05, 0) is 72.4 Å². The van der Waals surface area contributed by atoms with E-state index in [1.807, 2.05) is 36.4 Å². The molecule has 234 valence electrons. The average Bonchev–Trinajstić information content (AvgIpc) is 2.95. The number of amides is 1. The number of aryl methyl sites for hydroxylation is 1. The van der Waals surface area contributed by atoms with Crippen molar-refractivity contribution in [2.45, 2.75) is 45.0 Å². The highest BCUT2D eigenvalue weighted by atomic mass is 31.2. The number of benzene rings is 3. The molecule has 0 atom stereocenters. The molecule has 3 aromatic rings. The summed E-state index contributed by atoms with van der Waals surface area (Å²) < 4.78 is 67.2. The average molecular weight is 626 g/mol. The number of ether oxygens (including phenoxy) is 3. The Kier molecular flexibility index (Phi) is 12.9. The van der Waals surface area contributed by atoms with Crippen LogP contribution >= 0.6 is 7.82 Å². The number of methoxy groups -OCH3 is 1. The molecule has 0 bridgehead atoms. The smallest absolute Gasteiger partial charge is 0.497 e. The topological polar surface area (TPSA) is 115 Å². The second kappa shape index (κ2) is 16.3. The normalized spacial score (nSPS) is 11.7. The van der Waals surface area contributed by atoms with Crippen LogP contribution in [-0.2, 0) is 33.3 Å². The number of rotatable bonds is 17. The number of nitrogens with zero attached hydrogens (tertiary/aromatic N) is 1. The number of alkyl halides is 3. The molecule has 0 aliphatic carbocycles. The minimum atomic E-state index is -4.72. The first-order valence-electron chi connectivity index (χ1n) is 13.6. The van der Waals surface area contributed by atoms with Gasteiger partial charge in [-0.25, -0.2) is 4.57 Å². The van der Waals surface area contributed by atoms with Gasteiger partial charge in [0.1, 0.15) is 17.2 Å². The van der Waals surface area contributed by atoms with E-state index >= 15 is 0 Å². The van der Waals surface area contributed by atoms with Crippen molar-refractivity contribution in [2.75, 3.05) is 26.9 Å². The van der Waals surface area contributed by atoms with Crippen molar-refractivity contribution in [2.24, 2.45) is 0 Å². The molecule has 13 heteroatoms. The molecular formula is C30H35F3NO8P. The summed E-state index contributed by atoms with van der Waals surface area (Å²) in [4.78, 5) is 32.4. The summed E-state index contributed by atoms with van der Waals surface area (Å²) in [5, 5.41) is 0. The third-order valence-corrected chi connectivity index (χ3v) is 6.87. The van der Waals surface area contributed by atoms with E-state index in [9.17, 15) is 22.5 Å². The SMILES string of the molecule is COc1ccc(CN(CCOP(=O)(O)O)C(=O)CCCCc2ccc(OCCc3ccc(OC(F)(F)F)cc3)cc2)cc1. The van der Waals surface area contributed by atoms with Gasteiger partial charge < -0.3 is 28.9 Å². The van der Waals surface area contributed by atoms with Gasteiger partial charge in [0.25, 0.3) is 0 Å². The first-order valence-corrected chi connectivity index (χ1v) is 15.1. The number of phosphoric ester groups is 1. The van der Waals surface area contributed by atoms with Crippen LogP contribution in [0.25, 0.3) is 0 Å². The molecule has 0 heterocycles. The Bertz CT molecular complexity index is 1310. The van der Waals surface area contributed by atoms with Crippen molar-refractivity contribution in [3.63, 3.8) is 0 Å². The Balaban J connectivity index is 1.40. The van der Waals surface area contributed by atoms with Crippen LogP contribution in [0.2, 0.25) is 0 Å². The Morgan fingerprint density at radius 2 is 1.35 bits per heavy atom. The third-order valence-electron chi connectivity index (χ3n) is 6.35. The molecule has 3 aromatic carbocycles. The van der Waals surface area contributed by atoms with Crippen LogP contribution < -0.4 is 14.2 Å². The van der Waals surface area contributed by atoms with Crippen LogP contribution in [-0.4, -0.2) is 53.8 Å². The molecule has 2 N–H and O–H groups in total. The monoisotopic (exact) mass is 625 g/mol. The fraction of sp³-hybridized carbons (Fsp3) is 0.367. The van der Waals surface area contributed by atoms with E-state index in [2.05, 4.69) is 9.26 Å². The minimum absolute atomic E-state index is 0.0369. The summed E-state index contributed by atoms with van der Waals surface area (Å²) in [6.45, 7) is 0.374. The van der Waals surface area contributed by atoms with E-state index in [1.54, 1.807) is 31.4 Å². The maximum absolute atomic E-state index is 12.9. The van der Waals surface area contributed by atoms with E-state index in [-0.39, 0.29) is 37.8 Å². The van der Waals surface area contributed by atoms with Crippen LogP contribution in [0.4, 0.5) is 13.2 Å². The second-order valence-electron chi connectivity index (χ2n) is 9.63. The van der Waals surface area contributed by atoms with Crippen LogP contribution in [0.15, 0.2) is 72.8 Å². The molecule has 0 radical (unpaired) electrons. The molecule has 3 rings (SSSR count). The van der Waals surface area contributed by atoms with Gasteiger partial charge in [-0.2, -0.15) is 0 Å². The lowest BCUT2D eigenvalue weighted by Gasteiger charge is -2.23. The highest BCUT2D eigenvalue weighted by Gasteiger charge is 2.31. The number of halogens is 3. The number of carbonyl (C=O) groups is 1. The first-order chi connectivity index (χ1) is 20.4. The summed E-state index contributed by atoms with van der Waals surface area (Å²) in [5.74, 6) is 0.938. The van der Waals surface area contributed by atoms with Crippen molar-refractivity contribution in [3.8, 4) is 17.2 Å².